The van der Waals surface area contributed by atoms with E-state index in [1.165, 1.54) is 0 Å². The summed E-state index contributed by atoms with van der Waals surface area (Å²) < 4.78 is -1.16. The Balaban J connectivity index is 2.76. The first-order valence-electron chi connectivity index (χ1n) is 3.56. The second-order valence-corrected chi connectivity index (χ2v) is 4.21. The van der Waals surface area contributed by atoms with Crippen LogP contribution in [0.2, 0.25) is 0 Å². The molecule has 0 aromatic carbocycles. The predicted octanol–water partition coefficient (Wildman–Crippen LogP) is 2.57. The van der Waals surface area contributed by atoms with Crippen LogP contribution in [-0.4, -0.2) is 10.1 Å². The van der Waals surface area contributed by atoms with Gasteiger partial charge in [0, 0.05) is 11.8 Å². The molecule has 0 spiro atoms. The van der Waals surface area contributed by atoms with E-state index in [1.54, 1.807) is 0 Å². The van der Waals surface area contributed by atoms with Gasteiger partial charge in [-0.25, -0.2) is 0 Å². The third-order valence-corrected chi connectivity index (χ3v) is 2.98. The zero-order chi connectivity index (χ0) is 8.65. The standard InChI is InChI=1S/C8H10Cl2O/c1-3-4-6-5(2)7(11)8(6,9)10/h3-6H,1-2H3/b4-3+/t5-,6+/m0/s1. The van der Waals surface area contributed by atoms with Crippen LogP contribution in [0, 0.1) is 11.8 Å². The minimum atomic E-state index is -1.16. The van der Waals surface area contributed by atoms with Crippen LogP contribution in [0.4, 0.5) is 0 Å². The fraction of sp³-hybridized carbons (Fsp3) is 0.625. The Labute approximate surface area is 76.4 Å². The molecule has 1 aliphatic rings. The summed E-state index contributed by atoms with van der Waals surface area (Å²) in [6.07, 6.45) is 3.75. The van der Waals surface area contributed by atoms with Gasteiger partial charge >= 0.3 is 0 Å². The van der Waals surface area contributed by atoms with Gasteiger partial charge in [0.1, 0.15) is 0 Å². The van der Waals surface area contributed by atoms with Gasteiger partial charge in [0.2, 0.25) is 0 Å². The topological polar surface area (TPSA) is 17.1 Å². The van der Waals surface area contributed by atoms with Gasteiger partial charge in [-0.3, -0.25) is 4.79 Å². The molecule has 2 atom stereocenters. The first-order valence-corrected chi connectivity index (χ1v) is 4.32. The monoisotopic (exact) mass is 192 g/mol. The van der Waals surface area contributed by atoms with Gasteiger partial charge in [-0.1, -0.05) is 42.3 Å². The zero-order valence-electron chi connectivity index (χ0n) is 6.47. The Kier molecular flexibility index (Phi) is 2.31. The number of allylic oxidation sites excluding steroid dienone is 2. The quantitative estimate of drug-likeness (QED) is 0.462. The highest BCUT2D eigenvalue weighted by Gasteiger charge is 2.56. The van der Waals surface area contributed by atoms with Gasteiger partial charge in [-0.2, -0.15) is 0 Å². The average Bonchev–Trinajstić information content (AvgIpc) is 1.98. The maximum Gasteiger partial charge on any atom is 0.183 e. The molecule has 0 bridgehead atoms. The van der Waals surface area contributed by atoms with Gasteiger partial charge in [0.15, 0.2) is 10.1 Å². The molecule has 11 heavy (non-hydrogen) atoms. The van der Waals surface area contributed by atoms with Crippen molar-refractivity contribution in [1.29, 1.82) is 0 Å². The summed E-state index contributed by atoms with van der Waals surface area (Å²) >= 11 is 11.5. The summed E-state index contributed by atoms with van der Waals surface area (Å²) in [6.45, 7) is 3.73. The Bertz CT molecular complexity index is 208. The van der Waals surface area contributed by atoms with Crippen molar-refractivity contribution < 1.29 is 4.79 Å². The fourth-order valence-corrected chi connectivity index (χ4v) is 2.21. The third-order valence-electron chi connectivity index (χ3n) is 2.10. The summed E-state index contributed by atoms with van der Waals surface area (Å²) in [6, 6.07) is 0. The van der Waals surface area contributed by atoms with Crippen LogP contribution < -0.4 is 0 Å². The molecular formula is C8H10Cl2O. The maximum atomic E-state index is 11.1. The van der Waals surface area contributed by atoms with Crippen molar-refractivity contribution in [3.05, 3.63) is 12.2 Å². The lowest BCUT2D eigenvalue weighted by atomic mass is 9.72. The van der Waals surface area contributed by atoms with Crippen molar-refractivity contribution in [1.82, 2.24) is 0 Å². The Morgan fingerprint density at radius 3 is 2.45 bits per heavy atom. The zero-order valence-corrected chi connectivity index (χ0v) is 7.99. The highest BCUT2D eigenvalue weighted by molar-refractivity contribution is 6.60. The molecule has 1 rings (SSSR count). The first-order chi connectivity index (χ1) is 5.01. The van der Waals surface area contributed by atoms with E-state index in [0.717, 1.165) is 0 Å². The van der Waals surface area contributed by atoms with E-state index in [9.17, 15) is 4.79 Å². The Morgan fingerprint density at radius 1 is 1.55 bits per heavy atom. The summed E-state index contributed by atoms with van der Waals surface area (Å²) in [5.74, 6) is -0.103. The predicted molar refractivity (Wildman–Crippen MR) is 46.9 cm³/mol. The smallest absolute Gasteiger partial charge is 0.183 e. The van der Waals surface area contributed by atoms with Crippen molar-refractivity contribution in [2.75, 3.05) is 0 Å². The summed E-state index contributed by atoms with van der Waals surface area (Å²) in [4.78, 5) is 11.1. The van der Waals surface area contributed by atoms with Crippen LogP contribution in [0.5, 0.6) is 0 Å². The Morgan fingerprint density at radius 2 is 2.09 bits per heavy atom. The molecule has 0 aromatic rings. The van der Waals surface area contributed by atoms with E-state index in [1.807, 2.05) is 26.0 Å². The molecule has 3 heteroatoms. The number of alkyl halides is 2. The SMILES string of the molecule is C/C=C/[C@@H]1[C@H](C)C(=O)C1(Cl)Cl. The fourth-order valence-electron chi connectivity index (χ4n) is 1.34. The molecule has 1 nitrogen and oxygen atoms in total. The summed E-state index contributed by atoms with van der Waals surface area (Å²) in [7, 11) is 0. The number of carbonyl (C=O) groups excluding carboxylic acids is 1. The third kappa shape index (κ3) is 1.21. The highest BCUT2D eigenvalue weighted by atomic mass is 35.5. The van der Waals surface area contributed by atoms with Gasteiger partial charge in [-0.15, -0.1) is 0 Å². The lowest BCUT2D eigenvalue weighted by Crippen LogP contribution is -2.54. The van der Waals surface area contributed by atoms with Crippen molar-refractivity contribution in [2.45, 2.75) is 18.2 Å². The number of Topliss-reactive ketones (excluding diaryl/α,β-unsaturated/α-hetero) is 1. The van der Waals surface area contributed by atoms with E-state index in [-0.39, 0.29) is 17.6 Å². The van der Waals surface area contributed by atoms with Gasteiger partial charge in [0.05, 0.1) is 0 Å². The summed E-state index contributed by atoms with van der Waals surface area (Å²) in [5, 5.41) is 0. The number of rotatable bonds is 1. The first kappa shape index (κ1) is 9.08. The van der Waals surface area contributed by atoms with Crippen molar-refractivity contribution in [3.63, 3.8) is 0 Å². The minimum absolute atomic E-state index is 0.0108. The molecule has 0 radical (unpaired) electrons. The lowest BCUT2D eigenvalue weighted by Gasteiger charge is -2.42. The van der Waals surface area contributed by atoms with Crippen LogP contribution in [0.25, 0.3) is 0 Å². The van der Waals surface area contributed by atoms with Crippen molar-refractivity contribution >= 4 is 29.0 Å². The maximum absolute atomic E-state index is 11.1. The molecule has 0 amide bonds. The molecule has 62 valence electrons. The molecule has 0 heterocycles. The molecule has 1 fully saturated rings. The minimum Gasteiger partial charge on any atom is -0.296 e. The molecular weight excluding hydrogens is 183 g/mol. The summed E-state index contributed by atoms with van der Waals surface area (Å²) in [5.41, 5.74) is 0. The molecule has 0 unspecified atom stereocenters. The number of carbonyl (C=O) groups is 1. The molecule has 0 N–H and O–H groups in total. The second-order valence-electron chi connectivity index (χ2n) is 2.83. The van der Waals surface area contributed by atoms with E-state index in [0.29, 0.717) is 0 Å². The number of hydrogen-bond donors (Lipinski definition) is 0. The molecule has 1 saturated carbocycles. The lowest BCUT2D eigenvalue weighted by molar-refractivity contribution is -0.132. The van der Waals surface area contributed by atoms with E-state index >= 15 is 0 Å². The highest BCUT2D eigenvalue weighted by Crippen LogP contribution is 2.49. The van der Waals surface area contributed by atoms with Gasteiger partial charge < -0.3 is 0 Å². The molecule has 0 saturated heterocycles. The van der Waals surface area contributed by atoms with Gasteiger partial charge in [0.25, 0.3) is 0 Å². The second kappa shape index (κ2) is 2.80. The normalized spacial score (nSPS) is 35.8. The van der Waals surface area contributed by atoms with Crippen molar-refractivity contribution in [2.24, 2.45) is 11.8 Å². The molecule has 0 aromatic heterocycles. The number of ketones is 1. The number of hydrogen-bond acceptors (Lipinski definition) is 1. The number of halogens is 2. The van der Waals surface area contributed by atoms with E-state index in [2.05, 4.69) is 0 Å². The molecule has 0 aliphatic heterocycles. The van der Waals surface area contributed by atoms with Crippen LogP contribution in [0.15, 0.2) is 12.2 Å². The largest absolute Gasteiger partial charge is 0.296 e. The van der Waals surface area contributed by atoms with Crippen LogP contribution in [0.3, 0.4) is 0 Å². The van der Waals surface area contributed by atoms with Crippen LogP contribution in [0.1, 0.15) is 13.8 Å². The van der Waals surface area contributed by atoms with Crippen LogP contribution >= 0.6 is 23.2 Å². The van der Waals surface area contributed by atoms with Gasteiger partial charge in [-0.05, 0) is 6.92 Å². The van der Waals surface area contributed by atoms with Crippen molar-refractivity contribution in [3.8, 4) is 0 Å². The van der Waals surface area contributed by atoms with E-state index < -0.39 is 4.33 Å². The Hall–Kier alpha value is -0.0100. The van der Waals surface area contributed by atoms with E-state index in [4.69, 9.17) is 23.2 Å². The average molecular weight is 193 g/mol. The molecule has 1 aliphatic carbocycles. The van der Waals surface area contributed by atoms with Crippen LogP contribution in [-0.2, 0) is 4.79 Å².